The summed E-state index contributed by atoms with van der Waals surface area (Å²) in [5.41, 5.74) is 0.316. The molecule has 0 fully saturated rings. The van der Waals surface area contributed by atoms with Crippen molar-refractivity contribution in [3.05, 3.63) is 29.8 Å². The van der Waals surface area contributed by atoms with Gasteiger partial charge in [0.05, 0.1) is 0 Å². The lowest BCUT2D eigenvalue weighted by atomic mass is 10.2. The molecular formula is C11H9FN4O2S. The van der Waals surface area contributed by atoms with Crippen LogP contribution in [-0.4, -0.2) is 32.0 Å². The molecule has 0 aliphatic carbocycles. The van der Waals surface area contributed by atoms with Crippen LogP contribution in [-0.2, 0) is 11.3 Å². The highest BCUT2D eigenvalue weighted by Crippen LogP contribution is 2.29. The second-order valence-electron chi connectivity index (χ2n) is 3.81. The van der Waals surface area contributed by atoms with Crippen LogP contribution in [0.15, 0.2) is 18.2 Å². The zero-order valence-electron chi connectivity index (χ0n) is 9.87. The fourth-order valence-electron chi connectivity index (χ4n) is 1.66. The van der Waals surface area contributed by atoms with E-state index in [0.717, 1.165) is 6.07 Å². The Hall–Kier alpha value is -2.06. The highest BCUT2D eigenvalue weighted by Gasteiger charge is 2.15. The number of phenolic OH excluding ortho intramolecular Hbond substituents is 1. The van der Waals surface area contributed by atoms with Crippen molar-refractivity contribution < 1.29 is 14.2 Å². The fourth-order valence-corrected chi connectivity index (χ4v) is 2.55. The van der Waals surface area contributed by atoms with Gasteiger partial charge in [0.15, 0.2) is 10.8 Å². The van der Waals surface area contributed by atoms with Crippen LogP contribution in [0.5, 0.6) is 5.75 Å². The van der Waals surface area contributed by atoms with Crippen LogP contribution < -0.4 is 0 Å². The Morgan fingerprint density at radius 1 is 1.42 bits per heavy atom. The first kappa shape index (κ1) is 12.0. The third-order valence-corrected chi connectivity index (χ3v) is 3.44. The molecular weight excluding hydrogens is 271 g/mol. The molecule has 0 aliphatic rings. The number of hydrogen-bond donors (Lipinski definition) is 1. The van der Waals surface area contributed by atoms with E-state index in [-0.39, 0.29) is 12.4 Å². The van der Waals surface area contributed by atoms with E-state index in [1.165, 1.54) is 28.0 Å². The van der Waals surface area contributed by atoms with Crippen molar-refractivity contribution in [2.75, 3.05) is 7.11 Å². The molecule has 3 aromatic rings. The summed E-state index contributed by atoms with van der Waals surface area (Å²) in [6, 6.07) is 3.94. The van der Waals surface area contributed by atoms with Crippen molar-refractivity contribution in [2.24, 2.45) is 0 Å². The summed E-state index contributed by atoms with van der Waals surface area (Å²) in [6.45, 7) is 0.280. The molecule has 1 aromatic carbocycles. The molecule has 0 saturated heterocycles. The van der Waals surface area contributed by atoms with E-state index < -0.39 is 5.82 Å². The maximum atomic E-state index is 13.8. The standard InChI is InChI=1S/C11H9FN4O2S/c1-18-5-9-13-14-11-16(9)15-10(19-11)7-3-2-6(17)4-8(7)12/h2-4,17H,5H2,1H3. The van der Waals surface area contributed by atoms with Crippen molar-refractivity contribution in [1.82, 2.24) is 19.8 Å². The molecule has 8 heteroatoms. The third-order valence-electron chi connectivity index (χ3n) is 2.51. The molecule has 0 radical (unpaired) electrons. The molecule has 0 atom stereocenters. The minimum absolute atomic E-state index is 0.121. The Balaban J connectivity index is 2.10. The predicted molar refractivity (Wildman–Crippen MR) is 66.4 cm³/mol. The molecule has 2 heterocycles. The number of phenols is 1. The van der Waals surface area contributed by atoms with Crippen LogP contribution in [0, 0.1) is 5.82 Å². The van der Waals surface area contributed by atoms with Gasteiger partial charge in [-0.1, -0.05) is 11.3 Å². The molecule has 0 saturated carbocycles. The number of ether oxygens (including phenoxy) is 1. The van der Waals surface area contributed by atoms with Gasteiger partial charge < -0.3 is 9.84 Å². The Labute approximate surface area is 111 Å². The smallest absolute Gasteiger partial charge is 0.235 e. The molecule has 19 heavy (non-hydrogen) atoms. The Kier molecular flexibility index (Phi) is 2.88. The molecule has 0 bridgehead atoms. The van der Waals surface area contributed by atoms with Gasteiger partial charge in [0.1, 0.15) is 18.2 Å². The summed E-state index contributed by atoms with van der Waals surface area (Å²) in [5.74, 6) is -0.0956. The van der Waals surface area contributed by atoms with Crippen LogP contribution in [0.2, 0.25) is 0 Å². The van der Waals surface area contributed by atoms with Gasteiger partial charge in [-0.3, -0.25) is 0 Å². The number of aromatic nitrogens is 4. The maximum Gasteiger partial charge on any atom is 0.235 e. The number of aromatic hydroxyl groups is 1. The lowest BCUT2D eigenvalue weighted by molar-refractivity contribution is 0.176. The summed E-state index contributed by atoms with van der Waals surface area (Å²) >= 11 is 1.22. The van der Waals surface area contributed by atoms with Crippen molar-refractivity contribution in [3.63, 3.8) is 0 Å². The molecule has 1 N–H and O–H groups in total. The third kappa shape index (κ3) is 2.04. The van der Waals surface area contributed by atoms with Crippen LogP contribution >= 0.6 is 11.3 Å². The Bertz CT molecular complexity index is 739. The molecule has 0 aliphatic heterocycles. The Morgan fingerprint density at radius 2 is 2.26 bits per heavy atom. The van der Waals surface area contributed by atoms with Crippen LogP contribution in [0.25, 0.3) is 15.5 Å². The molecule has 0 spiro atoms. The van der Waals surface area contributed by atoms with E-state index in [1.54, 1.807) is 7.11 Å². The van der Waals surface area contributed by atoms with Gasteiger partial charge >= 0.3 is 0 Å². The van der Waals surface area contributed by atoms with Crippen LogP contribution in [0.1, 0.15) is 5.82 Å². The minimum Gasteiger partial charge on any atom is -0.508 e. The first-order valence-electron chi connectivity index (χ1n) is 5.38. The fraction of sp³-hybridized carbons (Fsp3) is 0.182. The number of fused-ring (bicyclic) bond motifs is 1. The number of benzene rings is 1. The molecule has 0 amide bonds. The quantitative estimate of drug-likeness (QED) is 0.792. The summed E-state index contributed by atoms with van der Waals surface area (Å²) < 4.78 is 20.3. The van der Waals surface area contributed by atoms with Gasteiger partial charge in [-0.2, -0.15) is 9.61 Å². The van der Waals surface area contributed by atoms with Crippen molar-refractivity contribution in [2.45, 2.75) is 6.61 Å². The van der Waals surface area contributed by atoms with Crippen LogP contribution in [0.4, 0.5) is 4.39 Å². The van der Waals surface area contributed by atoms with Gasteiger partial charge in [-0.25, -0.2) is 4.39 Å². The summed E-state index contributed by atoms with van der Waals surface area (Å²) in [6.07, 6.45) is 0. The second kappa shape index (κ2) is 4.56. The van der Waals surface area contributed by atoms with Crippen molar-refractivity contribution in [3.8, 4) is 16.3 Å². The average molecular weight is 280 g/mol. The number of nitrogens with zero attached hydrogens (tertiary/aromatic N) is 4. The van der Waals surface area contributed by atoms with Gasteiger partial charge in [-0.05, 0) is 12.1 Å². The average Bonchev–Trinajstić information content (AvgIpc) is 2.91. The molecule has 3 rings (SSSR count). The SMILES string of the molecule is COCc1nnc2sc(-c3ccc(O)cc3F)nn12. The van der Waals surface area contributed by atoms with Gasteiger partial charge in [0, 0.05) is 18.7 Å². The monoisotopic (exact) mass is 280 g/mol. The van der Waals surface area contributed by atoms with Crippen molar-refractivity contribution >= 4 is 16.3 Å². The largest absolute Gasteiger partial charge is 0.508 e. The number of halogens is 1. The van der Waals surface area contributed by atoms with E-state index in [2.05, 4.69) is 15.3 Å². The maximum absolute atomic E-state index is 13.8. The predicted octanol–water partition coefficient (Wildman–Crippen LogP) is 1.84. The van der Waals surface area contributed by atoms with Gasteiger partial charge in [0.25, 0.3) is 0 Å². The van der Waals surface area contributed by atoms with Gasteiger partial charge in [-0.15, -0.1) is 10.2 Å². The second-order valence-corrected chi connectivity index (χ2v) is 4.77. The lowest BCUT2D eigenvalue weighted by Crippen LogP contribution is -1.97. The normalized spacial score (nSPS) is 11.3. The van der Waals surface area contributed by atoms with E-state index in [9.17, 15) is 9.50 Å². The molecule has 0 unspecified atom stereocenters. The first-order chi connectivity index (χ1) is 9.19. The van der Waals surface area contributed by atoms with E-state index in [0.29, 0.717) is 21.4 Å². The zero-order chi connectivity index (χ0) is 13.4. The van der Waals surface area contributed by atoms with Crippen LogP contribution in [0.3, 0.4) is 0 Å². The zero-order valence-corrected chi connectivity index (χ0v) is 10.7. The molecule has 2 aromatic heterocycles. The highest BCUT2D eigenvalue weighted by molar-refractivity contribution is 7.19. The highest BCUT2D eigenvalue weighted by atomic mass is 32.1. The van der Waals surface area contributed by atoms with Gasteiger partial charge in [0.2, 0.25) is 4.96 Å². The molecule has 98 valence electrons. The summed E-state index contributed by atoms with van der Waals surface area (Å²) in [5, 5.41) is 21.8. The number of methoxy groups -OCH3 is 1. The van der Waals surface area contributed by atoms with E-state index >= 15 is 0 Å². The number of hydrogen-bond acceptors (Lipinski definition) is 6. The lowest BCUT2D eigenvalue weighted by Gasteiger charge is -1.98. The minimum atomic E-state index is -0.529. The Morgan fingerprint density at radius 3 is 3.00 bits per heavy atom. The number of rotatable bonds is 3. The topological polar surface area (TPSA) is 72.5 Å². The van der Waals surface area contributed by atoms with Crippen molar-refractivity contribution in [1.29, 1.82) is 0 Å². The van der Waals surface area contributed by atoms with E-state index in [1.807, 2.05) is 0 Å². The van der Waals surface area contributed by atoms with E-state index in [4.69, 9.17) is 4.74 Å². The first-order valence-corrected chi connectivity index (χ1v) is 6.19. The molecule has 6 nitrogen and oxygen atoms in total. The summed E-state index contributed by atoms with van der Waals surface area (Å²) in [4.78, 5) is 0.564. The summed E-state index contributed by atoms with van der Waals surface area (Å²) in [7, 11) is 1.55.